The fourth-order valence-corrected chi connectivity index (χ4v) is 3.34. The summed E-state index contributed by atoms with van der Waals surface area (Å²) in [7, 11) is 1.87. The van der Waals surface area contributed by atoms with Crippen LogP contribution in [0.15, 0.2) is 60.7 Å². The van der Waals surface area contributed by atoms with Crippen LogP contribution in [0.5, 0.6) is 0 Å². The van der Waals surface area contributed by atoms with Gasteiger partial charge in [-0.15, -0.1) is 0 Å². The van der Waals surface area contributed by atoms with E-state index in [1.54, 1.807) is 4.68 Å². The maximum atomic E-state index is 12.3. The maximum absolute atomic E-state index is 12.3. The lowest BCUT2D eigenvalue weighted by atomic mass is 9.88. The number of hydrogen-bond donors (Lipinski definition) is 2. The molecule has 0 radical (unpaired) electrons. The number of nitrogens with zero attached hydrogens (tertiary/aromatic N) is 2. The summed E-state index contributed by atoms with van der Waals surface area (Å²) in [5, 5.41) is 10.2. The third-order valence-corrected chi connectivity index (χ3v) is 4.87. The summed E-state index contributed by atoms with van der Waals surface area (Å²) in [6.07, 6.45) is 0.826. The van der Waals surface area contributed by atoms with Gasteiger partial charge < -0.3 is 10.6 Å². The van der Waals surface area contributed by atoms with E-state index >= 15 is 0 Å². The van der Waals surface area contributed by atoms with E-state index in [0.717, 1.165) is 23.5 Å². The number of amides is 2. The fraction of sp³-hybridized carbons (Fsp3) is 0.273. The molecule has 1 heterocycles. The molecule has 2 aromatic carbocycles. The largest absolute Gasteiger partial charge is 0.338 e. The maximum Gasteiger partial charge on any atom is 0.319 e. The van der Waals surface area contributed by atoms with Gasteiger partial charge in [0.25, 0.3) is 0 Å². The van der Waals surface area contributed by atoms with Crippen molar-refractivity contribution in [3.8, 4) is 0 Å². The smallest absolute Gasteiger partial charge is 0.319 e. The fourth-order valence-electron chi connectivity index (χ4n) is 3.34. The van der Waals surface area contributed by atoms with Gasteiger partial charge in [0.05, 0.1) is 17.1 Å². The number of urea groups is 1. The Morgan fingerprint density at radius 1 is 1.00 bits per heavy atom. The number of benzene rings is 2. The van der Waals surface area contributed by atoms with Gasteiger partial charge in [0.2, 0.25) is 0 Å². The van der Waals surface area contributed by atoms with Gasteiger partial charge in [-0.2, -0.15) is 5.10 Å². The van der Waals surface area contributed by atoms with E-state index in [9.17, 15) is 4.79 Å². The third kappa shape index (κ3) is 4.56. The number of aryl methyl sites for hydroxylation is 2. The molecule has 0 saturated carbocycles. The van der Waals surface area contributed by atoms with Crippen molar-refractivity contribution in [3.63, 3.8) is 0 Å². The topological polar surface area (TPSA) is 59.0 Å². The number of hydrogen-bond acceptors (Lipinski definition) is 2. The molecule has 0 spiro atoms. The average molecular weight is 362 g/mol. The summed E-state index contributed by atoms with van der Waals surface area (Å²) in [6, 6.07) is 20.6. The SMILES string of the molecule is Cc1nn(C)c(C)c1NC(=O)NCCC(c1ccccc1)c1ccccc1. The molecule has 0 saturated heterocycles. The molecule has 2 N–H and O–H groups in total. The Hall–Kier alpha value is -3.08. The first-order chi connectivity index (χ1) is 13.1. The highest BCUT2D eigenvalue weighted by atomic mass is 16.2. The van der Waals surface area contributed by atoms with Crippen molar-refractivity contribution in [3.05, 3.63) is 83.2 Å². The minimum atomic E-state index is -0.200. The molecule has 0 atom stereocenters. The van der Waals surface area contributed by atoms with Gasteiger partial charge in [0.15, 0.2) is 0 Å². The first-order valence-corrected chi connectivity index (χ1v) is 9.21. The molecule has 5 heteroatoms. The van der Waals surface area contributed by atoms with Gasteiger partial charge in [0, 0.05) is 19.5 Å². The van der Waals surface area contributed by atoms with Crippen molar-refractivity contribution in [2.24, 2.45) is 7.05 Å². The number of aromatic nitrogens is 2. The lowest BCUT2D eigenvalue weighted by molar-refractivity contribution is 0.252. The van der Waals surface area contributed by atoms with Crippen molar-refractivity contribution >= 4 is 11.7 Å². The highest BCUT2D eigenvalue weighted by Crippen LogP contribution is 2.27. The van der Waals surface area contributed by atoms with Crippen molar-refractivity contribution in [1.29, 1.82) is 0 Å². The predicted octanol–water partition coefficient (Wildman–Crippen LogP) is 4.38. The number of carbonyl (C=O) groups excluding carboxylic acids is 1. The van der Waals surface area contributed by atoms with Gasteiger partial charge in [0.1, 0.15) is 0 Å². The monoisotopic (exact) mass is 362 g/mol. The molecule has 0 unspecified atom stereocenters. The van der Waals surface area contributed by atoms with Gasteiger partial charge in [-0.05, 0) is 31.4 Å². The normalized spacial score (nSPS) is 10.8. The summed E-state index contributed by atoms with van der Waals surface area (Å²) < 4.78 is 1.77. The van der Waals surface area contributed by atoms with E-state index in [-0.39, 0.29) is 11.9 Å². The molecule has 0 aliphatic carbocycles. The van der Waals surface area contributed by atoms with Crippen molar-refractivity contribution in [1.82, 2.24) is 15.1 Å². The molecule has 27 heavy (non-hydrogen) atoms. The first-order valence-electron chi connectivity index (χ1n) is 9.21. The van der Waals surface area contributed by atoms with Crippen LogP contribution in [0, 0.1) is 13.8 Å². The first kappa shape index (κ1) is 18.7. The van der Waals surface area contributed by atoms with Gasteiger partial charge in [-0.1, -0.05) is 60.7 Å². The van der Waals surface area contributed by atoms with Crippen LogP contribution in [-0.2, 0) is 7.05 Å². The van der Waals surface area contributed by atoms with Crippen LogP contribution in [0.2, 0.25) is 0 Å². The molecule has 2 amide bonds. The summed E-state index contributed by atoms with van der Waals surface area (Å²) in [6.45, 7) is 4.42. The molecule has 0 aliphatic heterocycles. The number of rotatable bonds is 6. The second-order valence-electron chi connectivity index (χ2n) is 6.71. The van der Waals surface area contributed by atoms with E-state index < -0.39 is 0 Å². The van der Waals surface area contributed by atoms with Crippen LogP contribution in [-0.4, -0.2) is 22.4 Å². The molecule has 0 bridgehead atoms. The predicted molar refractivity (Wildman–Crippen MR) is 109 cm³/mol. The highest BCUT2D eigenvalue weighted by molar-refractivity contribution is 5.90. The number of carbonyl (C=O) groups is 1. The Balaban J connectivity index is 1.63. The standard InChI is InChI=1S/C22H26N4O/c1-16-21(17(2)26(3)25-16)24-22(27)23-15-14-20(18-10-6-4-7-11-18)19-12-8-5-9-13-19/h4-13,20H,14-15H2,1-3H3,(H2,23,24,27). The Kier molecular flexibility index (Phi) is 5.91. The van der Waals surface area contributed by atoms with E-state index in [2.05, 4.69) is 64.3 Å². The second kappa shape index (κ2) is 8.54. The second-order valence-corrected chi connectivity index (χ2v) is 6.71. The van der Waals surface area contributed by atoms with Gasteiger partial charge in [-0.25, -0.2) is 4.79 Å². The molecule has 0 fully saturated rings. The Morgan fingerprint density at radius 3 is 2.04 bits per heavy atom. The molecular formula is C22H26N4O. The number of nitrogens with one attached hydrogen (secondary N) is 2. The minimum Gasteiger partial charge on any atom is -0.338 e. The highest BCUT2D eigenvalue weighted by Gasteiger charge is 2.15. The molecule has 0 aliphatic rings. The zero-order chi connectivity index (χ0) is 19.2. The molecule has 5 nitrogen and oxygen atoms in total. The molecule has 3 aromatic rings. The summed E-state index contributed by atoms with van der Waals surface area (Å²) in [4.78, 5) is 12.3. The van der Waals surface area contributed by atoms with Crippen molar-refractivity contribution in [2.75, 3.05) is 11.9 Å². The number of anilines is 1. The summed E-state index contributed by atoms with van der Waals surface area (Å²) >= 11 is 0. The Labute approximate surface area is 160 Å². The summed E-state index contributed by atoms with van der Waals surface area (Å²) in [5.74, 6) is 0.245. The van der Waals surface area contributed by atoms with E-state index in [4.69, 9.17) is 0 Å². The molecule has 140 valence electrons. The van der Waals surface area contributed by atoms with E-state index in [1.165, 1.54) is 11.1 Å². The van der Waals surface area contributed by atoms with Gasteiger partial charge in [-0.3, -0.25) is 4.68 Å². The van der Waals surface area contributed by atoms with Crippen LogP contribution in [0.3, 0.4) is 0 Å². The van der Waals surface area contributed by atoms with Crippen molar-refractivity contribution < 1.29 is 4.79 Å². The van der Waals surface area contributed by atoms with Crippen LogP contribution in [0.25, 0.3) is 0 Å². The molecule has 1 aromatic heterocycles. The quantitative estimate of drug-likeness (QED) is 0.684. The average Bonchev–Trinajstić information content (AvgIpc) is 2.93. The van der Waals surface area contributed by atoms with E-state index in [0.29, 0.717) is 6.54 Å². The van der Waals surface area contributed by atoms with E-state index in [1.807, 2.05) is 33.0 Å². The zero-order valence-corrected chi connectivity index (χ0v) is 16.1. The van der Waals surface area contributed by atoms with Crippen molar-refractivity contribution in [2.45, 2.75) is 26.2 Å². The minimum absolute atomic E-state index is 0.200. The summed E-state index contributed by atoms with van der Waals surface area (Å²) in [5.41, 5.74) is 5.04. The lowest BCUT2D eigenvalue weighted by Crippen LogP contribution is -2.30. The van der Waals surface area contributed by atoms with Gasteiger partial charge >= 0.3 is 6.03 Å². The lowest BCUT2D eigenvalue weighted by Gasteiger charge is -2.18. The molecule has 3 rings (SSSR count). The third-order valence-electron chi connectivity index (χ3n) is 4.87. The van der Waals surface area contributed by atoms with Crippen LogP contribution in [0.4, 0.5) is 10.5 Å². The van der Waals surface area contributed by atoms with Crippen LogP contribution < -0.4 is 10.6 Å². The van der Waals surface area contributed by atoms with Crippen LogP contribution >= 0.6 is 0 Å². The molecular weight excluding hydrogens is 336 g/mol. The zero-order valence-electron chi connectivity index (χ0n) is 16.1. The Morgan fingerprint density at radius 2 is 1.56 bits per heavy atom. The van der Waals surface area contributed by atoms with Crippen LogP contribution in [0.1, 0.15) is 34.9 Å². The Bertz CT molecular complexity index is 848.